The van der Waals surface area contributed by atoms with Crippen molar-refractivity contribution in [2.24, 2.45) is 0 Å². The Balaban J connectivity index is 2.01. The second kappa shape index (κ2) is 6.74. The molecule has 0 spiro atoms. The van der Waals surface area contributed by atoms with Gasteiger partial charge in [-0.3, -0.25) is 4.79 Å². The molecule has 21 heavy (non-hydrogen) atoms. The molecule has 0 unspecified atom stereocenters. The van der Waals surface area contributed by atoms with E-state index in [0.717, 1.165) is 16.9 Å². The molecule has 0 aliphatic carbocycles. The highest BCUT2D eigenvalue weighted by atomic mass is 16.5. The van der Waals surface area contributed by atoms with Crippen LogP contribution in [0.15, 0.2) is 42.6 Å². The number of benzene rings is 1. The molecule has 1 aromatic heterocycles. The van der Waals surface area contributed by atoms with E-state index in [0.29, 0.717) is 5.88 Å². The number of carbonyl (C=O) groups excluding carboxylic acids is 1. The minimum atomic E-state index is -0.0711. The number of ether oxygens (including phenoxy) is 1. The number of amides is 1. The summed E-state index contributed by atoms with van der Waals surface area (Å²) in [7, 11) is 1.59. The minimum Gasteiger partial charge on any atom is -0.481 e. The first-order valence-electron chi connectivity index (χ1n) is 6.72. The number of pyridine rings is 1. The molecule has 0 fully saturated rings. The van der Waals surface area contributed by atoms with Crippen molar-refractivity contribution in [3.05, 3.63) is 48.2 Å². The van der Waals surface area contributed by atoms with Gasteiger partial charge < -0.3 is 15.4 Å². The second-order valence-electron chi connectivity index (χ2n) is 4.76. The third kappa shape index (κ3) is 4.21. The maximum absolute atomic E-state index is 11.0. The van der Waals surface area contributed by atoms with Crippen molar-refractivity contribution in [1.29, 1.82) is 0 Å². The van der Waals surface area contributed by atoms with Gasteiger partial charge in [0.25, 0.3) is 0 Å². The minimum absolute atomic E-state index is 0.0711. The van der Waals surface area contributed by atoms with Gasteiger partial charge in [-0.2, -0.15) is 0 Å². The Kier molecular flexibility index (Phi) is 4.77. The summed E-state index contributed by atoms with van der Waals surface area (Å²) in [5.74, 6) is 0.520. The number of methoxy groups -OCH3 is 1. The van der Waals surface area contributed by atoms with Gasteiger partial charge in [-0.1, -0.05) is 12.1 Å². The smallest absolute Gasteiger partial charge is 0.221 e. The fourth-order valence-electron chi connectivity index (χ4n) is 1.98. The number of hydrogen-bond donors (Lipinski definition) is 2. The zero-order valence-electron chi connectivity index (χ0n) is 12.4. The zero-order chi connectivity index (χ0) is 15.2. The Morgan fingerprint density at radius 1 is 1.14 bits per heavy atom. The summed E-state index contributed by atoms with van der Waals surface area (Å²) in [5.41, 5.74) is 2.85. The van der Waals surface area contributed by atoms with Gasteiger partial charge in [-0.25, -0.2) is 4.98 Å². The molecular formula is C16H19N3O2. The molecule has 0 radical (unpaired) electrons. The molecule has 1 amide bonds. The lowest BCUT2D eigenvalue weighted by Crippen LogP contribution is -2.08. The highest BCUT2D eigenvalue weighted by molar-refractivity contribution is 5.88. The Bertz CT molecular complexity index is 594. The van der Waals surface area contributed by atoms with Crippen LogP contribution in [0.5, 0.6) is 5.88 Å². The normalized spacial score (nSPS) is 11.6. The van der Waals surface area contributed by atoms with Crippen LogP contribution in [0.25, 0.3) is 0 Å². The van der Waals surface area contributed by atoms with Gasteiger partial charge in [-0.15, -0.1) is 0 Å². The Labute approximate surface area is 124 Å². The standard InChI is InChI=1S/C16H19N3O2/c1-11(18-15-8-9-16(21-3)17-10-15)13-4-6-14(7-5-13)19-12(2)20/h4-11,18H,1-3H3,(H,19,20)/t11-/m1/s1. The largest absolute Gasteiger partial charge is 0.481 e. The van der Waals surface area contributed by atoms with Crippen LogP contribution in [0.1, 0.15) is 25.5 Å². The Hall–Kier alpha value is -2.56. The van der Waals surface area contributed by atoms with Crippen LogP contribution in [0.2, 0.25) is 0 Å². The van der Waals surface area contributed by atoms with Gasteiger partial charge in [-0.05, 0) is 30.7 Å². The summed E-state index contributed by atoms with van der Waals surface area (Å²) in [4.78, 5) is 15.1. The van der Waals surface area contributed by atoms with E-state index in [-0.39, 0.29) is 11.9 Å². The summed E-state index contributed by atoms with van der Waals surface area (Å²) in [5, 5.41) is 6.11. The average Bonchev–Trinajstić information content (AvgIpc) is 2.48. The van der Waals surface area contributed by atoms with Crippen LogP contribution in [-0.4, -0.2) is 18.0 Å². The first-order valence-corrected chi connectivity index (χ1v) is 6.72. The van der Waals surface area contributed by atoms with Crippen LogP contribution in [0.4, 0.5) is 11.4 Å². The van der Waals surface area contributed by atoms with E-state index in [4.69, 9.17) is 4.74 Å². The third-order valence-corrected chi connectivity index (χ3v) is 3.06. The molecule has 5 nitrogen and oxygen atoms in total. The van der Waals surface area contributed by atoms with Crippen LogP contribution in [0.3, 0.4) is 0 Å². The van der Waals surface area contributed by atoms with Gasteiger partial charge in [0.05, 0.1) is 19.0 Å². The lowest BCUT2D eigenvalue weighted by Gasteiger charge is -2.16. The highest BCUT2D eigenvalue weighted by Gasteiger charge is 2.06. The first kappa shape index (κ1) is 14.8. The third-order valence-electron chi connectivity index (χ3n) is 3.06. The average molecular weight is 285 g/mol. The first-order chi connectivity index (χ1) is 10.1. The maximum atomic E-state index is 11.0. The van der Waals surface area contributed by atoms with Gasteiger partial charge in [0.2, 0.25) is 11.8 Å². The number of rotatable bonds is 5. The van der Waals surface area contributed by atoms with Crippen molar-refractivity contribution in [1.82, 2.24) is 4.98 Å². The number of anilines is 2. The van der Waals surface area contributed by atoms with Crippen LogP contribution < -0.4 is 15.4 Å². The molecule has 0 aliphatic rings. The second-order valence-corrected chi connectivity index (χ2v) is 4.76. The molecule has 0 bridgehead atoms. The predicted octanol–water partition coefficient (Wildman–Crippen LogP) is 3.22. The van der Waals surface area contributed by atoms with Crippen LogP contribution in [0, 0.1) is 0 Å². The lowest BCUT2D eigenvalue weighted by molar-refractivity contribution is -0.114. The molecule has 0 aliphatic heterocycles. The van der Waals surface area contributed by atoms with E-state index in [1.807, 2.05) is 36.4 Å². The fourth-order valence-corrected chi connectivity index (χ4v) is 1.98. The van der Waals surface area contributed by atoms with E-state index < -0.39 is 0 Å². The molecule has 1 heterocycles. The highest BCUT2D eigenvalue weighted by Crippen LogP contribution is 2.21. The van der Waals surface area contributed by atoms with Crippen LogP contribution in [-0.2, 0) is 4.79 Å². The number of hydrogen-bond acceptors (Lipinski definition) is 4. The van der Waals surface area contributed by atoms with Crippen molar-refractivity contribution in [2.75, 3.05) is 17.7 Å². The predicted molar refractivity (Wildman–Crippen MR) is 83.6 cm³/mol. The van der Waals surface area contributed by atoms with E-state index in [9.17, 15) is 4.79 Å². The molecule has 2 rings (SSSR count). The number of carbonyl (C=O) groups is 1. The summed E-state index contributed by atoms with van der Waals surface area (Å²) < 4.78 is 5.03. The number of nitrogens with zero attached hydrogens (tertiary/aromatic N) is 1. The van der Waals surface area contributed by atoms with E-state index >= 15 is 0 Å². The summed E-state index contributed by atoms with van der Waals surface area (Å²) in [6, 6.07) is 11.6. The summed E-state index contributed by atoms with van der Waals surface area (Å²) in [6.45, 7) is 3.56. The number of nitrogens with one attached hydrogen (secondary N) is 2. The topological polar surface area (TPSA) is 63.2 Å². The monoisotopic (exact) mass is 285 g/mol. The van der Waals surface area contributed by atoms with Crippen molar-refractivity contribution >= 4 is 17.3 Å². The molecule has 5 heteroatoms. The fraction of sp³-hybridized carbons (Fsp3) is 0.250. The molecule has 1 atom stereocenters. The number of aromatic nitrogens is 1. The molecule has 2 N–H and O–H groups in total. The Morgan fingerprint density at radius 3 is 2.33 bits per heavy atom. The van der Waals surface area contributed by atoms with Crippen molar-refractivity contribution in [3.63, 3.8) is 0 Å². The van der Waals surface area contributed by atoms with E-state index in [1.54, 1.807) is 13.3 Å². The molecule has 1 aromatic carbocycles. The van der Waals surface area contributed by atoms with Crippen molar-refractivity contribution < 1.29 is 9.53 Å². The summed E-state index contributed by atoms with van der Waals surface area (Å²) >= 11 is 0. The quantitative estimate of drug-likeness (QED) is 0.885. The zero-order valence-corrected chi connectivity index (χ0v) is 12.4. The van der Waals surface area contributed by atoms with Crippen molar-refractivity contribution in [3.8, 4) is 5.88 Å². The Morgan fingerprint density at radius 2 is 1.81 bits per heavy atom. The molecule has 0 saturated carbocycles. The van der Waals surface area contributed by atoms with Crippen molar-refractivity contribution in [2.45, 2.75) is 19.9 Å². The van der Waals surface area contributed by atoms with E-state index in [1.165, 1.54) is 6.92 Å². The summed E-state index contributed by atoms with van der Waals surface area (Å²) in [6.07, 6.45) is 1.74. The van der Waals surface area contributed by atoms with E-state index in [2.05, 4.69) is 22.5 Å². The van der Waals surface area contributed by atoms with Gasteiger partial charge in [0.1, 0.15) is 0 Å². The van der Waals surface area contributed by atoms with Crippen LogP contribution >= 0.6 is 0 Å². The SMILES string of the molecule is COc1ccc(N[C@H](C)c2ccc(NC(C)=O)cc2)cn1. The van der Waals surface area contributed by atoms with Gasteiger partial charge in [0, 0.05) is 24.7 Å². The lowest BCUT2D eigenvalue weighted by atomic mass is 10.1. The van der Waals surface area contributed by atoms with Gasteiger partial charge >= 0.3 is 0 Å². The molecule has 2 aromatic rings. The molecular weight excluding hydrogens is 266 g/mol. The molecule has 110 valence electrons. The van der Waals surface area contributed by atoms with Gasteiger partial charge in [0.15, 0.2) is 0 Å². The maximum Gasteiger partial charge on any atom is 0.221 e. The molecule has 0 saturated heterocycles.